The van der Waals surface area contributed by atoms with Crippen LogP contribution in [0.3, 0.4) is 0 Å². The lowest BCUT2D eigenvalue weighted by atomic mass is 10.1. The van der Waals surface area contributed by atoms with Crippen LogP contribution in [0.2, 0.25) is 0 Å². The van der Waals surface area contributed by atoms with E-state index in [9.17, 15) is 4.79 Å². The van der Waals surface area contributed by atoms with E-state index in [0.29, 0.717) is 11.1 Å². The van der Waals surface area contributed by atoms with Crippen molar-refractivity contribution in [2.45, 2.75) is 6.29 Å². The van der Waals surface area contributed by atoms with Gasteiger partial charge in [-0.05, 0) is 0 Å². The van der Waals surface area contributed by atoms with Gasteiger partial charge < -0.3 is 9.47 Å². The number of carbonyl (C=O) groups excluding carboxylic acids is 1. The summed E-state index contributed by atoms with van der Waals surface area (Å²) in [6, 6.07) is 0. The lowest BCUT2D eigenvalue weighted by molar-refractivity contribution is -0.155. The van der Waals surface area contributed by atoms with Crippen LogP contribution in [0, 0.1) is 0 Å². The van der Waals surface area contributed by atoms with E-state index >= 15 is 0 Å². The molecule has 3 heteroatoms. The van der Waals surface area contributed by atoms with Crippen molar-refractivity contribution >= 4 is 5.97 Å². The maximum atomic E-state index is 11.1. The highest BCUT2D eigenvalue weighted by molar-refractivity contribution is 5.95. The fraction of sp³-hybridized carbons (Fsp3) is 0.222. The molecule has 0 saturated heterocycles. The number of ether oxygens (including phenoxy) is 2. The van der Waals surface area contributed by atoms with Crippen molar-refractivity contribution in [2.24, 2.45) is 0 Å². The predicted octanol–water partition coefficient (Wildman–Crippen LogP) is 1.18. The monoisotopic (exact) mass is 166 g/mol. The van der Waals surface area contributed by atoms with Crippen LogP contribution in [-0.4, -0.2) is 19.4 Å². The van der Waals surface area contributed by atoms with Gasteiger partial charge in [-0.25, -0.2) is 4.79 Å². The van der Waals surface area contributed by atoms with Gasteiger partial charge in [0.25, 0.3) is 0 Å². The maximum Gasteiger partial charge on any atom is 0.341 e. The molecule has 1 rings (SSSR count). The zero-order valence-corrected chi connectivity index (χ0v) is 6.87. The molecular weight excluding hydrogens is 156 g/mol. The Hall–Kier alpha value is -1.35. The summed E-state index contributed by atoms with van der Waals surface area (Å²) < 4.78 is 9.74. The molecule has 1 unspecified atom stereocenters. The Bertz CT molecular complexity index is 263. The van der Waals surface area contributed by atoms with E-state index in [1.54, 1.807) is 0 Å². The van der Waals surface area contributed by atoms with Crippen molar-refractivity contribution in [3.63, 3.8) is 0 Å². The number of hydrogen-bond donors (Lipinski definition) is 0. The summed E-state index contributed by atoms with van der Waals surface area (Å²) in [5.41, 5.74) is 1.06. The van der Waals surface area contributed by atoms with E-state index in [4.69, 9.17) is 9.47 Å². The topological polar surface area (TPSA) is 35.5 Å². The van der Waals surface area contributed by atoms with Gasteiger partial charge in [-0.2, -0.15) is 0 Å². The van der Waals surface area contributed by atoms with Crippen molar-refractivity contribution in [3.8, 4) is 0 Å². The quantitative estimate of drug-likeness (QED) is 0.590. The molecule has 1 heterocycles. The largest absolute Gasteiger partial charge is 0.428 e. The minimum atomic E-state index is -0.622. The first-order valence-electron chi connectivity index (χ1n) is 3.47. The number of rotatable bonds is 3. The number of carbonyl (C=O) groups is 1. The van der Waals surface area contributed by atoms with Crippen LogP contribution in [0.25, 0.3) is 0 Å². The third-order valence-electron chi connectivity index (χ3n) is 1.64. The van der Waals surface area contributed by atoms with E-state index in [1.807, 2.05) is 0 Å². The highest BCUT2D eigenvalue weighted by Crippen LogP contribution is 2.24. The molecule has 3 nitrogen and oxygen atoms in total. The first kappa shape index (κ1) is 8.74. The Morgan fingerprint density at radius 1 is 1.50 bits per heavy atom. The Kier molecular flexibility index (Phi) is 2.45. The van der Waals surface area contributed by atoms with Crippen LogP contribution in [0.1, 0.15) is 0 Å². The molecule has 1 atom stereocenters. The van der Waals surface area contributed by atoms with Gasteiger partial charge in [-0.3, -0.25) is 0 Å². The molecule has 0 spiro atoms. The second-order valence-corrected chi connectivity index (χ2v) is 2.25. The van der Waals surface area contributed by atoms with Crippen LogP contribution in [0.5, 0.6) is 0 Å². The van der Waals surface area contributed by atoms with Gasteiger partial charge in [0.2, 0.25) is 6.29 Å². The standard InChI is InChI=1S/C9H10O3/c1-4-6-7(5-2)9(11-3)12-8(6)10/h4-5,9H,1-2H2,3H3. The molecule has 0 radical (unpaired) electrons. The second kappa shape index (κ2) is 3.36. The lowest BCUT2D eigenvalue weighted by Gasteiger charge is -2.07. The summed E-state index contributed by atoms with van der Waals surface area (Å²) in [6.45, 7) is 7.05. The fourth-order valence-corrected chi connectivity index (χ4v) is 1.05. The molecule has 0 saturated carbocycles. The predicted molar refractivity (Wildman–Crippen MR) is 44.3 cm³/mol. The zero-order valence-electron chi connectivity index (χ0n) is 6.87. The van der Waals surface area contributed by atoms with Crippen LogP contribution in [0.4, 0.5) is 0 Å². The second-order valence-electron chi connectivity index (χ2n) is 2.25. The molecule has 12 heavy (non-hydrogen) atoms. The fourth-order valence-electron chi connectivity index (χ4n) is 1.05. The first-order valence-corrected chi connectivity index (χ1v) is 3.47. The molecule has 0 aromatic carbocycles. The van der Waals surface area contributed by atoms with Gasteiger partial charge in [0.1, 0.15) is 0 Å². The van der Waals surface area contributed by atoms with Crippen molar-refractivity contribution < 1.29 is 14.3 Å². The summed E-state index contributed by atoms with van der Waals surface area (Å²) >= 11 is 0. The van der Waals surface area contributed by atoms with Gasteiger partial charge in [0.05, 0.1) is 5.57 Å². The molecule has 0 bridgehead atoms. The van der Waals surface area contributed by atoms with Crippen LogP contribution in [0.15, 0.2) is 36.5 Å². The number of cyclic esters (lactones) is 1. The third kappa shape index (κ3) is 1.19. The van der Waals surface area contributed by atoms with Crippen LogP contribution >= 0.6 is 0 Å². The molecule has 0 aromatic heterocycles. The Balaban J connectivity index is 3.06. The third-order valence-corrected chi connectivity index (χ3v) is 1.64. The summed E-state index contributed by atoms with van der Waals surface area (Å²) in [6.07, 6.45) is 2.36. The molecule has 0 aliphatic carbocycles. The molecule has 0 amide bonds. The van der Waals surface area contributed by atoms with Crippen LogP contribution in [-0.2, 0) is 14.3 Å². The Morgan fingerprint density at radius 3 is 2.58 bits per heavy atom. The molecule has 1 aliphatic heterocycles. The Morgan fingerprint density at radius 2 is 2.17 bits per heavy atom. The average Bonchev–Trinajstić information content (AvgIpc) is 2.40. The molecule has 0 fully saturated rings. The number of esters is 1. The normalized spacial score (nSPS) is 22.4. The van der Waals surface area contributed by atoms with Crippen molar-refractivity contribution in [1.82, 2.24) is 0 Å². The van der Waals surface area contributed by atoms with Crippen molar-refractivity contribution in [3.05, 3.63) is 36.5 Å². The molecule has 64 valence electrons. The van der Waals surface area contributed by atoms with Gasteiger partial charge in [-0.1, -0.05) is 25.3 Å². The number of hydrogen-bond acceptors (Lipinski definition) is 3. The van der Waals surface area contributed by atoms with Crippen molar-refractivity contribution in [2.75, 3.05) is 7.11 Å². The van der Waals surface area contributed by atoms with Gasteiger partial charge in [0, 0.05) is 12.7 Å². The maximum absolute atomic E-state index is 11.1. The van der Waals surface area contributed by atoms with Gasteiger partial charge >= 0.3 is 5.97 Å². The first-order chi connectivity index (χ1) is 5.74. The summed E-state index contributed by atoms with van der Waals surface area (Å²) in [4.78, 5) is 11.1. The highest BCUT2D eigenvalue weighted by Gasteiger charge is 2.30. The molecule has 0 N–H and O–H groups in total. The summed E-state index contributed by atoms with van der Waals surface area (Å²) in [5.74, 6) is -0.410. The van der Waals surface area contributed by atoms with Gasteiger partial charge in [0.15, 0.2) is 0 Å². The SMILES string of the molecule is C=CC1=C(C=C)C(OC)OC1=O. The van der Waals surface area contributed by atoms with E-state index in [0.717, 1.165) is 0 Å². The van der Waals surface area contributed by atoms with Crippen LogP contribution < -0.4 is 0 Å². The lowest BCUT2D eigenvalue weighted by Crippen LogP contribution is -2.12. The molecular formula is C9H10O3. The Labute approximate surface area is 71.0 Å². The number of methoxy groups -OCH3 is 1. The highest BCUT2D eigenvalue weighted by atomic mass is 16.7. The van der Waals surface area contributed by atoms with E-state index in [-0.39, 0.29) is 0 Å². The summed E-state index contributed by atoms with van der Waals surface area (Å²) in [7, 11) is 1.47. The van der Waals surface area contributed by atoms with E-state index < -0.39 is 12.3 Å². The smallest absolute Gasteiger partial charge is 0.341 e. The zero-order chi connectivity index (χ0) is 9.14. The minimum absolute atomic E-state index is 0.410. The summed E-state index contributed by atoms with van der Waals surface area (Å²) in [5, 5.41) is 0. The average molecular weight is 166 g/mol. The van der Waals surface area contributed by atoms with Gasteiger partial charge in [-0.15, -0.1) is 0 Å². The van der Waals surface area contributed by atoms with Crippen molar-refractivity contribution in [1.29, 1.82) is 0 Å². The molecule has 1 aliphatic rings. The van der Waals surface area contributed by atoms with E-state index in [1.165, 1.54) is 19.3 Å². The minimum Gasteiger partial charge on any atom is -0.428 e. The van der Waals surface area contributed by atoms with E-state index in [2.05, 4.69) is 13.2 Å². The molecule has 0 aromatic rings.